The molecule has 1 heterocycles. The summed E-state index contributed by atoms with van der Waals surface area (Å²) in [6, 6.07) is 8.02. The zero-order valence-electron chi connectivity index (χ0n) is 11.5. The quantitative estimate of drug-likeness (QED) is 0.893. The maximum atomic E-state index is 12.5. The Labute approximate surface area is 123 Å². The summed E-state index contributed by atoms with van der Waals surface area (Å²) in [5.41, 5.74) is 0.746. The van der Waals surface area contributed by atoms with Crippen LogP contribution in [-0.2, 0) is 4.79 Å². The third-order valence-electron chi connectivity index (χ3n) is 4.00. The van der Waals surface area contributed by atoms with Gasteiger partial charge in [0.25, 0.3) is 0 Å². The van der Waals surface area contributed by atoms with E-state index in [0.29, 0.717) is 0 Å². The molecule has 2 N–H and O–H groups in total. The van der Waals surface area contributed by atoms with Crippen LogP contribution in [0.15, 0.2) is 28.7 Å². The van der Waals surface area contributed by atoms with Gasteiger partial charge in [0.05, 0.1) is 11.6 Å². The van der Waals surface area contributed by atoms with E-state index in [1.165, 1.54) is 0 Å². The third kappa shape index (κ3) is 3.00. The van der Waals surface area contributed by atoms with Crippen molar-refractivity contribution in [2.24, 2.45) is 0 Å². The summed E-state index contributed by atoms with van der Waals surface area (Å²) in [5.74, 6) is 0.121. The lowest BCUT2D eigenvalue weighted by Crippen LogP contribution is -2.53. The van der Waals surface area contributed by atoms with Gasteiger partial charge in [-0.25, -0.2) is 0 Å². The van der Waals surface area contributed by atoms with Crippen molar-refractivity contribution in [3.63, 3.8) is 0 Å². The molecule has 104 valence electrons. The molecule has 0 aromatic heterocycles. The van der Waals surface area contributed by atoms with Gasteiger partial charge in [-0.2, -0.15) is 0 Å². The van der Waals surface area contributed by atoms with Crippen molar-refractivity contribution in [2.45, 2.75) is 44.7 Å². The van der Waals surface area contributed by atoms with Crippen LogP contribution in [0.3, 0.4) is 0 Å². The average Bonchev–Trinajstić information content (AvgIpc) is 2.89. The molecule has 19 heavy (non-hydrogen) atoms. The highest BCUT2D eigenvalue weighted by atomic mass is 79.9. The monoisotopic (exact) mass is 324 g/mol. The van der Waals surface area contributed by atoms with Crippen molar-refractivity contribution < 1.29 is 4.79 Å². The van der Waals surface area contributed by atoms with E-state index in [2.05, 4.69) is 33.5 Å². The first kappa shape index (κ1) is 14.5. The van der Waals surface area contributed by atoms with Gasteiger partial charge in [-0.1, -0.05) is 41.1 Å². The molecule has 1 saturated heterocycles. The van der Waals surface area contributed by atoms with Crippen molar-refractivity contribution in [3.05, 3.63) is 34.3 Å². The molecule has 1 fully saturated rings. The number of benzene rings is 1. The van der Waals surface area contributed by atoms with E-state index in [4.69, 9.17) is 0 Å². The highest BCUT2D eigenvalue weighted by Gasteiger charge is 2.39. The van der Waals surface area contributed by atoms with Crippen LogP contribution < -0.4 is 10.6 Å². The molecular weight excluding hydrogens is 304 g/mol. The number of amides is 1. The molecule has 1 aromatic carbocycles. The number of nitrogens with one attached hydrogen (secondary N) is 2. The number of hydrogen-bond donors (Lipinski definition) is 2. The molecular formula is C15H21BrN2O. The highest BCUT2D eigenvalue weighted by Crippen LogP contribution is 2.26. The minimum absolute atomic E-state index is 0.00824. The largest absolute Gasteiger partial charge is 0.348 e. The van der Waals surface area contributed by atoms with Gasteiger partial charge in [-0.05, 0) is 44.4 Å². The lowest BCUT2D eigenvalue weighted by atomic mass is 9.92. The van der Waals surface area contributed by atoms with Gasteiger partial charge in [0.15, 0.2) is 0 Å². The zero-order valence-corrected chi connectivity index (χ0v) is 13.1. The minimum atomic E-state index is -0.366. The zero-order chi connectivity index (χ0) is 13.9. The summed E-state index contributed by atoms with van der Waals surface area (Å²) < 4.78 is 1.03. The predicted molar refractivity (Wildman–Crippen MR) is 81.0 cm³/mol. The Morgan fingerprint density at radius 2 is 2.26 bits per heavy atom. The van der Waals surface area contributed by atoms with E-state index in [1.807, 2.05) is 31.2 Å². The van der Waals surface area contributed by atoms with Gasteiger partial charge in [-0.15, -0.1) is 0 Å². The fourth-order valence-electron chi connectivity index (χ4n) is 2.70. The first-order valence-electron chi connectivity index (χ1n) is 6.89. The Bertz CT molecular complexity index is 455. The first-order valence-corrected chi connectivity index (χ1v) is 7.69. The number of hydrogen-bond acceptors (Lipinski definition) is 2. The molecule has 0 spiro atoms. The summed E-state index contributed by atoms with van der Waals surface area (Å²) >= 11 is 3.53. The normalized spacial score (nSPS) is 24.2. The Balaban J connectivity index is 2.08. The second kappa shape index (κ2) is 6.06. The van der Waals surface area contributed by atoms with Crippen LogP contribution >= 0.6 is 15.9 Å². The molecule has 4 heteroatoms. The summed E-state index contributed by atoms with van der Waals surface area (Å²) in [5, 5.41) is 6.51. The van der Waals surface area contributed by atoms with Gasteiger partial charge in [0.1, 0.15) is 0 Å². The Kier molecular flexibility index (Phi) is 4.63. The number of rotatable bonds is 4. The van der Waals surface area contributed by atoms with Gasteiger partial charge >= 0.3 is 0 Å². The highest BCUT2D eigenvalue weighted by molar-refractivity contribution is 9.10. The third-order valence-corrected chi connectivity index (χ3v) is 4.72. The van der Waals surface area contributed by atoms with Gasteiger partial charge in [0.2, 0.25) is 5.91 Å². The van der Waals surface area contributed by atoms with Crippen molar-refractivity contribution in [1.82, 2.24) is 10.6 Å². The predicted octanol–water partition coefficient (Wildman–Crippen LogP) is 3.16. The smallest absolute Gasteiger partial charge is 0.240 e. The Morgan fingerprint density at radius 1 is 1.53 bits per heavy atom. The van der Waals surface area contributed by atoms with E-state index in [-0.39, 0.29) is 17.5 Å². The van der Waals surface area contributed by atoms with Crippen LogP contribution in [-0.4, -0.2) is 18.0 Å². The molecule has 0 aliphatic carbocycles. The Hall–Kier alpha value is -0.870. The van der Waals surface area contributed by atoms with Crippen molar-refractivity contribution in [1.29, 1.82) is 0 Å². The van der Waals surface area contributed by atoms with E-state index in [9.17, 15) is 4.79 Å². The maximum Gasteiger partial charge on any atom is 0.240 e. The molecule has 2 atom stereocenters. The molecule has 1 aliphatic rings. The molecule has 1 amide bonds. The van der Waals surface area contributed by atoms with Crippen molar-refractivity contribution >= 4 is 21.8 Å². The Morgan fingerprint density at radius 3 is 2.84 bits per heavy atom. The van der Waals surface area contributed by atoms with E-state index < -0.39 is 0 Å². The van der Waals surface area contributed by atoms with Gasteiger partial charge in [0, 0.05) is 4.47 Å². The van der Waals surface area contributed by atoms with Crippen molar-refractivity contribution in [2.75, 3.05) is 6.54 Å². The molecule has 0 radical (unpaired) electrons. The van der Waals surface area contributed by atoms with Crippen molar-refractivity contribution in [3.8, 4) is 0 Å². The fourth-order valence-corrected chi connectivity index (χ4v) is 3.33. The number of carbonyl (C=O) groups is 1. The maximum absolute atomic E-state index is 12.5. The van der Waals surface area contributed by atoms with Crippen LogP contribution in [0.1, 0.15) is 44.7 Å². The molecule has 1 aromatic rings. The lowest BCUT2D eigenvalue weighted by molar-refractivity contribution is -0.128. The average molecular weight is 325 g/mol. The van der Waals surface area contributed by atoms with E-state index >= 15 is 0 Å². The summed E-state index contributed by atoms with van der Waals surface area (Å²) in [7, 11) is 0. The molecule has 1 aliphatic heterocycles. The standard InChI is InChI=1S/C15H21BrN2O/c1-3-15(9-6-10-17-15)14(19)18-11(2)12-7-4-5-8-13(12)16/h4-5,7-8,11,17H,3,6,9-10H2,1-2H3,(H,18,19)/t11-,15?/m1/s1. The second-order valence-corrected chi connectivity index (χ2v) is 6.04. The molecule has 1 unspecified atom stereocenters. The SMILES string of the molecule is CCC1(C(=O)N[C@H](C)c2ccccc2Br)CCCN1. The minimum Gasteiger partial charge on any atom is -0.348 e. The second-order valence-electron chi connectivity index (χ2n) is 5.18. The molecule has 3 nitrogen and oxygen atoms in total. The van der Waals surface area contributed by atoms with E-state index in [0.717, 1.165) is 35.8 Å². The number of halogens is 1. The van der Waals surface area contributed by atoms with Gasteiger partial charge < -0.3 is 10.6 Å². The summed E-state index contributed by atoms with van der Waals surface area (Å²) in [6.07, 6.45) is 2.84. The number of carbonyl (C=O) groups excluding carboxylic acids is 1. The fraction of sp³-hybridized carbons (Fsp3) is 0.533. The first-order chi connectivity index (χ1) is 9.09. The summed E-state index contributed by atoms with van der Waals surface area (Å²) in [4.78, 5) is 12.5. The van der Waals surface area contributed by atoms with Crippen LogP contribution in [0.2, 0.25) is 0 Å². The van der Waals surface area contributed by atoms with Crippen LogP contribution in [0.25, 0.3) is 0 Å². The molecule has 0 saturated carbocycles. The lowest BCUT2D eigenvalue weighted by Gasteiger charge is -2.29. The van der Waals surface area contributed by atoms with E-state index in [1.54, 1.807) is 0 Å². The molecule has 2 rings (SSSR count). The summed E-state index contributed by atoms with van der Waals surface area (Å²) in [6.45, 7) is 5.03. The van der Waals surface area contributed by atoms with Crippen LogP contribution in [0.5, 0.6) is 0 Å². The molecule has 0 bridgehead atoms. The van der Waals surface area contributed by atoms with Crippen LogP contribution in [0.4, 0.5) is 0 Å². The van der Waals surface area contributed by atoms with Crippen LogP contribution in [0, 0.1) is 0 Å². The topological polar surface area (TPSA) is 41.1 Å². The van der Waals surface area contributed by atoms with Gasteiger partial charge in [-0.3, -0.25) is 4.79 Å².